The first-order chi connectivity index (χ1) is 6.93. The molecule has 0 heterocycles. The minimum Gasteiger partial charge on any atom is -0.0845 e. The van der Waals surface area contributed by atoms with Crippen molar-refractivity contribution >= 4 is 0 Å². The van der Waals surface area contributed by atoms with Crippen molar-refractivity contribution in [2.45, 2.75) is 12.8 Å². The number of allylic oxidation sites excluding steroid dienone is 8. The van der Waals surface area contributed by atoms with Gasteiger partial charge < -0.3 is 0 Å². The van der Waals surface area contributed by atoms with Crippen LogP contribution in [-0.4, -0.2) is 0 Å². The van der Waals surface area contributed by atoms with Crippen LogP contribution in [0.25, 0.3) is 0 Å². The maximum absolute atomic E-state index is 2.56. The van der Waals surface area contributed by atoms with Crippen LogP contribution in [0.1, 0.15) is 12.8 Å². The number of fused-ring (bicyclic) bond motifs is 7. The molecule has 2 bridgehead atoms. The number of hydrogen-bond acceptors (Lipinski definition) is 0. The fourth-order valence-corrected chi connectivity index (χ4v) is 3.84. The zero-order chi connectivity index (χ0) is 9.12. The van der Waals surface area contributed by atoms with Gasteiger partial charge in [0.1, 0.15) is 0 Å². The van der Waals surface area contributed by atoms with Gasteiger partial charge in [0.15, 0.2) is 0 Å². The van der Waals surface area contributed by atoms with Crippen molar-refractivity contribution in [1.29, 1.82) is 0 Å². The van der Waals surface area contributed by atoms with Gasteiger partial charge in [-0.05, 0) is 47.7 Å². The summed E-state index contributed by atoms with van der Waals surface area (Å²) in [7, 11) is 0. The van der Waals surface area contributed by atoms with E-state index in [4.69, 9.17) is 0 Å². The maximum atomic E-state index is 2.56. The predicted molar refractivity (Wildman–Crippen MR) is 57.6 cm³/mol. The van der Waals surface area contributed by atoms with Crippen LogP contribution in [-0.2, 0) is 0 Å². The second-order valence-electron chi connectivity index (χ2n) is 5.00. The van der Waals surface area contributed by atoms with E-state index in [9.17, 15) is 0 Å². The van der Waals surface area contributed by atoms with Crippen molar-refractivity contribution in [3.05, 3.63) is 47.6 Å². The molecule has 0 radical (unpaired) electrons. The molecular formula is C14H14. The molecule has 0 amide bonds. The van der Waals surface area contributed by atoms with E-state index in [-0.39, 0.29) is 0 Å². The average molecular weight is 182 g/mol. The van der Waals surface area contributed by atoms with Gasteiger partial charge >= 0.3 is 0 Å². The number of rotatable bonds is 0. The summed E-state index contributed by atoms with van der Waals surface area (Å²) in [5.74, 6) is 3.43. The van der Waals surface area contributed by atoms with E-state index in [0.717, 1.165) is 23.7 Å². The molecule has 0 aliphatic heterocycles. The largest absolute Gasteiger partial charge is 0.0845 e. The molecular weight excluding hydrogens is 168 g/mol. The summed E-state index contributed by atoms with van der Waals surface area (Å²) in [5, 5.41) is 0. The minimum atomic E-state index is 0.852. The molecule has 4 atom stereocenters. The lowest BCUT2D eigenvalue weighted by Crippen LogP contribution is -2.15. The fraction of sp³-hybridized carbons (Fsp3) is 0.429. The molecule has 0 aromatic heterocycles. The van der Waals surface area contributed by atoms with E-state index in [2.05, 4.69) is 36.5 Å². The van der Waals surface area contributed by atoms with E-state index >= 15 is 0 Å². The van der Waals surface area contributed by atoms with E-state index in [1.165, 1.54) is 12.8 Å². The van der Waals surface area contributed by atoms with Crippen LogP contribution in [0.3, 0.4) is 0 Å². The molecule has 0 heteroatoms. The first kappa shape index (κ1) is 7.28. The lowest BCUT2D eigenvalue weighted by atomic mass is 9.81. The topological polar surface area (TPSA) is 0 Å². The summed E-state index contributed by atoms with van der Waals surface area (Å²) in [6, 6.07) is 0. The van der Waals surface area contributed by atoms with Crippen LogP contribution in [0.4, 0.5) is 0 Å². The summed E-state index contributed by atoms with van der Waals surface area (Å²) in [6.45, 7) is 0. The van der Waals surface area contributed by atoms with E-state index in [1.807, 2.05) is 0 Å². The first-order valence-electron chi connectivity index (χ1n) is 5.69. The van der Waals surface area contributed by atoms with Gasteiger partial charge in [0.2, 0.25) is 0 Å². The van der Waals surface area contributed by atoms with Crippen LogP contribution in [0.2, 0.25) is 0 Å². The van der Waals surface area contributed by atoms with Crippen molar-refractivity contribution in [3.8, 4) is 0 Å². The third-order valence-electron chi connectivity index (χ3n) is 4.39. The molecule has 4 aliphatic carbocycles. The molecule has 0 aromatic rings. The van der Waals surface area contributed by atoms with Crippen molar-refractivity contribution in [2.24, 2.45) is 23.7 Å². The Kier molecular flexibility index (Phi) is 1.20. The second kappa shape index (κ2) is 2.31. The minimum absolute atomic E-state index is 0.852. The lowest BCUT2D eigenvalue weighted by molar-refractivity contribution is 0.451. The smallest absolute Gasteiger partial charge is 0.00273 e. The zero-order valence-corrected chi connectivity index (χ0v) is 8.19. The SMILES string of the molecule is C1=CCC2=CC3C4C=CC(C4)C3C2=C1. The van der Waals surface area contributed by atoms with Crippen molar-refractivity contribution in [3.63, 3.8) is 0 Å². The van der Waals surface area contributed by atoms with Crippen LogP contribution < -0.4 is 0 Å². The standard InChI is InChI=1S/C14H14/c1-2-4-12-9(3-1)8-13-10-5-6-11(7-10)14(12)13/h1-2,4-6,8,10-11,13-14H,3,7H2. The van der Waals surface area contributed by atoms with Gasteiger partial charge in [-0.1, -0.05) is 36.5 Å². The van der Waals surface area contributed by atoms with Gasteiger partial charge in [-0.25, -0.2) is 0 Å². The highest BCUT2D eigenvalue weighted by Crippen LogP contribution is 2.57. The van der Waals surface area contributed by atoms with Gasteiger partial charge in [-0.2, -0.15) is 0 Å². The third kappa shape index (κ3) is 0.716. The molecule has 0 nitrogen and oxygen atoms in total. The van der Waals surface area contributed by atoms with E-state index in [0.29, 0.717) is 0 Å². The molecule has 0 saturated heterocycles. The average Bonchev–Trinajstić information content (AvgIpc) is 2.88. The highest BCUT2D eigenvalue weighted by molar-refractivity contribution is 5.49. The molecule has 0 aromatic carbocycles. The highest BCUT2D eigenvalue weighted by atomic mass is 14.5. The van der Waals surface area contributed by atoms with Crippen molar-refractivity contribution < 1.29 is 0 Å². The van der Waals surface area contributed by atoms with Crippen LogP contribution in [0, 0.1) is 23.7 Å². The Morgan fingerprint density at radius 1 is 1.14 bits per heavy atom. The van der Waals surface area contributed by atoms with E-state index < -0.39 is 0 Å². The molecule has 14 heavy (non-hydrogen) atoms. The van der Waals surface area contributed by atoms with Crippen LogP contribution in [0.15, 0.2) is 47.6 Å². The lowest BCUT2D eigenvalue weighted by Gasteiger charge is -2.22. The maximum Gasteiger partial charge on any atom is -0.00273 e. The van der Waals surface area contributed by atoms with Crippen molar-refractivity contribution in [2.75, 3.05) is 0 Å². The summed E-state index contributed by atoms with van der Waals surface area (Å²) >= 11 is 0. The predicted octanol–water partition coefficient (Wildman–Crippen LogP) is 3.25. The zero-order valence-electron chi connectivity index (χ0n) is 8.19. The van der Waals surface area contributed by atoms with Crippen LogP contribution in [0.5, 0.6) is 0 Å². The Morgan fingerprint density at radius 2 is 2.07 bits per heavy atom. The van der Waals surface area contributed by atoms with Gasteiger partial charge in [-0.15, -0.1) is 0 Å². The Balaban J connectivity index is 1.86. The third-order valence-corrected chi connectivity index (χ3v) is 4.39. The Hall–Kier alpha value is -1.04. The molecule has 70 valence electrons. The molecule has 4 aliphatic rings. The second-order valence-corrected chi connectivity index (χ2v) is 5.00. The first-order valence-corrected chi connectivity index (χ1v) is 5.69. The van der Waals surface area contributed by atoms with Gasteiger partial charge in [0.25, 0.3) is 0 Å². The molecule has 0 spiro atoms. The summed E-state index contributed by atoms with van der Waals surface area (Å²) in [4.78, 5) is 0. The fourth-order valence-electron chi connectivity index (χ4n) is 3.84. The summed E-state index contributed by atoms with van der Waals surface area (Å²) in [5.41, 5.74) is 3.29. The van der Waals surface area contributed by atoms with Crippen LogP contribution >= 0.6 is 0 Å². The quantitative estimate of drug-likeness (QED) is 0.504. The molecule has 0 N–H and O–H groups in total. The summed E-state index contributed by atoms with van der Waals surface area (Å²) < 4.78 is 0. The Morgan fingerprint density at radius 3 is 3.07 bits per heavy atom. The summed E-state index contributed by atoms with van der Waals surface area (Å²) in [6.07, 6.45) is 17.0. The van der Waals surface area contributed by atoms with Gasteiger partial charge in [0, 0.05) is 0 Å². The number of hydrogen-bond donors (Lipinski definition) is 0. The van der Waals surface area contributed by atoms with Gasteiger partial charge in [-0.3, -0.25) is 0 Å². The Bertz CT molecular complexity index is 406. The van der Waals surface area contributed by atoms with Gasteiger partial charge in [0.05, 0.1) is 0 Å². The monoisotopic (exact) mass is 182 g/mol. The highest BCUT2D eigenvalue weighted by Gasteiger charge is 2.48. The Labute approximate surface area is 84.7 Å². The molecule has 1 saturated carbocycles. The molecule has 1 fully saturated rings. The molecule has 4 unspecified atom stereocenters. The van der Waals surface area contributed by atoms with Crippen molar-refractivity contribution in [1.82, 2.24) is 0 Å². The molecule has 4 rings (SSSR count). The normalized spacial score (nSPS) is 46.3. The van der Waals surface area contributed by atoms with E-state index in [1.54, 1.807) is 11.1 Å².